The van der Waals surface area contributed by atoms with Crippen molar-refractivity contribution in [2.45, 2.75) is 25.7 Å². The molecule has 7 heteroatoms. The number of aryl methyl sites for hydroxylation is 1. The summed E-state index contributed by atoms with van der Waals surface area (Å²) >= 11 is 1.52. The van der Waals surface area contributed by atoms with E-state index in [1.165, 1.54) is 16.2 Å². The van der Waals surface area contributed by atoms with E-state index < -0.39 is 0 Å². The highest BCUT2D eigenvalue weighted by Gasteiger charge is 2.22. The molecule has 0 unspecified atom stereocenters. The second kappa shape index (κ2) is 8.93. The van der Waals surface area contributed by atoms with Crippen molar-refractivity contribution in [3.8, 4) is 11.8 Å². The zero-order valence-corrected chi connectivity index (χ0v) is 18.9. The van der Waals surface area contributed by atoms with Gasteiger partial charge in [0.2, 0.25) is 5.55 Å². The summed E-state index contributed by atoms with van der Waals surface area (Å²) in [6.07, 6.45) is 4.04. The topological polar surface area (TPSA) is 87.6 Å². The molecule has 0 bridgehead atoms. The Kier molecular flexibility index (Phi) is 5.68. The molecule has 0 atom stereocenters. The quantitative estimate of drug-likeness (QED) is 0.425. The van der Waals surface area contributed by atoms with Crippen LogP contribution in [0.1, 0.15) is 39.2 Å². The molecule has 2 aromatic heterocycles. The Morgan fingerprint density at radius 1 is 1.15 bits per heavy atom. The number of benzene rings is 2. The van der Waals surface area contributed by atoms with Crippen LogP contribution in [0, 0.1) is 11.3 Å². The fourth-order valence-electron chi connectivity index (χ4n) is 4.09. The Morgan fingerprint density at radius 2 is 1.94 bits per heavy atom. The Labute approximate surface area is 194 Å². The van der Waals surface area contributed by atoms with Crippen molar-refractivity contribution in [1.29, 1.82) is 5.26 Å². The highest BCUT2D eigenvalue weighted by molar-refractivity contribution is 7.16. The number of amides is 1. The molecule has 0 saturated carbocycles. The lowest BCUT2D eigenvalue weighted by molar-refractivity contribution is 0.102. The number of fused-ring (bicyclic) bond motifs is 2. The Morgan fingerprint density at radius 3 is 2.79 bits per heavy atom. The summed E-state index contributed by atoms with van der Waals surface area (Å²) < 4.78 is 11.4. The molecule has 1 amide bonds. The van der Waals surface area contributed by atoms with E-state index >= 15 is 0 Å². The molecule has 0 saturated heterocycles. The number of hydrogen-bond acceptors (Lipinski definition) is 6. The molecule has 2 heterocycles. The van der Waals surface area contributed by atoms with Crippen molar-refractivity contribution in [2.24, 2.45) is 4.99 Å². The number of anilines is 1. The summed E-state index contributed by atoms with van der Waals surface area (Å²) in [6, 6.07) is 18.8. The summed E-state index contributed by atoms with van der Waals surface area (Å²) in [7, 11) is 1.55. The molecule has 2 aromatic carbocycles. The number of rotatable bonds is 4. The predicted octanol–water partition coefficient (Wildman–Crippen LogP) is 5.74. The van der Waals surface area contributed by atoms with Gasteiger partial charge in [0.1, 0.15) is 28.0 Å². The van der Waals surface area contributed by atoms with Gasteiger partial charge >= 0.3 is 0 Å². The van der Waals surface area contributed by atoms with Crippen molar-refractivity contribution in [1.82, 2.24) is 0 Å². The van der Waals surface area contributed by atoms with E-state index in [4.69, 9.17) is 14.1 Å². The molecule has 4 aromatic rings. The van der Waals surface area contributed by atoms with Gasteiger partial charge in [0.25, 0.3) is 5.91 Å². The number of methoxy groups -OCH3 is 1. The van der Waals surface area contributed by atoms with Gasteiger partial charge in [-0.25, -0.2) is 4.99 Å². The Hall–Kier alpha value is -3.89. The number of carbonyl (C=O) groups excluding carboxylic acids is 1. The van der Waals surface area contributed by atoms with Crippen molar-refractivity contribution >= 4 is 38.9 Å². The lowest BCUT2D eigenvalue weighted by Gasteiger charge is -2.10. The SMILES string of the molecule is COc1ccccc1NC(=O)c1cc2ccccc2oc1=Nc1sc2c(c1C#N)CCCC2. The molecule has 5 rings (SSSR count). The van der Waals surface area contributed by atoms with E-state index in [0.717, 1.165) is 36.6 Å². The maximum atomic E-state index is 13.3. The van der Waals surface area contributed by atoms with E-state index in [9.17, 15) is 10.1 Å². The number of thiophene rings is 1. The molecule has 33 heavy (non-hydrogen) atoms. The van der Waals surface area contributed by atoms with Gasteiger partial charge in [-0.1, -0.05) is 30.3 Å². The van der Waals surface area contributed by atoms with Gasteiger partial charge in [-0.15, -0.1) is 11.3 Å². The molecule has 0 spiro atoms. The number of ether oxygens (including phenoxy) is 1. The third-order valence-corrected chi connectivity index (χ3v) is 6.91. The maximum Gasteiger partial charge on any atom is 0.261 e. The average Bonchev–Trinajstić information content (AvgIpc) is 3.20. The van der Waals surface area contributed by atoms with Crippen LogP contribution < -0.4 is 15.6 Å². The molecular formula is C26H21N3O3S. The first-order valence-corrected chi connectivity index (χ1v) is 11.6. The molecule has 1 aliphatic carbocycles. The number of nitrogens with one attached hydrogen (secondary N) is 1. The highest BCUT2D eigenvalue weighted by atomic mass is 32.1. The molecule has 0 aliphatic heterocycles. The third-order valence-electron chi connectivity index (χ3n) is 5.72. The van der Waals surface area contributed by atoms with Crippen LogP contribution >= 0.6 is 11.3 Å². The minimum atomic E-state index is -0.368. The predicted molar refractivity (Wildman–Crippen MR) is 128 cm³/mol. The van der Waals surface area contributed by atoms with E-state index in [1.807, 2.05) is 36.4 Å². The van der Waals surface area contributed by atoms with E-state index in [0.29, 0.717) is 27.6 Å². The Bertz CT molecular complexity index is 1480. The summed E-state index contributed by atoms with van der Waals surface area (Å²) in [6.45, 7) is 0. The van der Waals surface area contributed by atoms with Crippen LogP contribution in [-0.2, 0) is 12.8 Å². The van der Waals surface area contributed by atoms with Crippen LogP contribution in [0.2, 0.25) is 0 Å². The molecule has 1 aliphatic rings. The van der Waals surface area contributed by atoms with Crippen LogP contribution in [0.4, 0.5) is 10.7 Å². The number of para-hydroxylation sites is 3. The monoisotopic (exact) mass is 455 g/mol. The van der Waals surface area contributed by atoms with E-state index in [2.05, 4.69) is 11.4 Å². The van der Waals surface area contributed by atoms with E-state index in [1.54, 1.807) is 25.3 Å². The van der Waals surface area contributed by atoms with Crippen LogP contribution in [-0.4, -0.2) is 13.0 Å². The molecule has 6 nitrogen and oxygen atoms in total. The van der Waals surface area contributed by atoms with Crippen molar-refractivity contribution in [2.75, 3.05) is 12.4 Å². The van der Waals surface area contributed by atoms with Crippen molar-refractivity contribution < 1.29 is 13.9 Å². The Balaban J connectivity index is 1.66. The summed E-state index contributed by atoms with van der Waals surface area (Å²) in [5.74, 6) is 0.187. The molecule has 164 valence electrons. The molecule has 1 N–H and O–H groups in total. The van der Waals surface area contributed by atoms with Gasteiger partial charge in [0, 0.05) is 10.3 Å². The summed E-state index contributed by atoms with van der Waals surface area (Å²) in [5.41, 5.74) is 3.31. The lowest BCUT2D eigenvalue weighted by atomic mass is 9.96. The van der Waals surface area contributed by atoms with Crippen LogP contribution in [0.3, 0.4) is 0 Å². The number of nitriles is 1. The van der Waals surface area contributed by atoms with Crippen molar-refractivity contribution in [3.05, 3.63) is 81.7 Å². The standard InChI is InChI=1S/C26H21N3O3S/c1-31-22-12-6-4-10-20(22)28-24(30)18-14-16-8-2-5-11-21(16)32-25(18)29-26-19(15-27)17-9-3-7-13-23(17)33-26/h2,4-6,8,10-12,14H,3,7,9,13H2,1H3,(H,28,30). The first-order chi connectivity index (χ1) is 16.2. The van der Waals surface area contributed by atoms with Crippen LogP contribution in [0.15, 0.2) is 64.0 Å². The maximum absolute atomic E-state index is 13.3. The second-order valence-corrected chi connectivity index (χ2v) is 8.86. The highest BCUT2D eigenvalue weighted by Crippen LogP contribution is 2.39. The minimum absolute atomic E-state index is 0.177. The van der Waals surface area contributed by atoms with Gasteiger partial charge in [0.05, 0.1) is 18.4 Å². The van der Waals surface area contributed by atoms with Crippen LogP contribution in [0.25, 0.3) is 11.0 Å². The van der Waals surface area contributed by atoms with E-state index in [-0.39, 0.29) is 17.0 Å². The fourth-order valence-corrected chi connectivity index (χ4v) is 5.30. The zero-order valence-electron chi connectivity index (χ0n) is 18.1. The number of nitrogens with zero attached hydrogens (tertiary/aromatic N) is 2. The second-order valence-electron chi connectivity index (χ2n) is 7.77. The minimum Gasteiger partial charge on any atom is -0.495 e. The van der Waals surface area contributed by atoms with Gasteiger partial charge in [-0.2, -0.15) is 5.26 Å². The zero-order chi connectivity index (χ0) is 22.8. The van der Waals surface area contributed by atoms with Gasteiger partial charge in [0.15, 0.2) is 0 Å². The van der Waals surface area contributed by atoms with Crippen molar-refractivity contribution in [3.63, 3.8) is 0 Å². The third kappa shape index (κ3) is 4.01. The van der Waals surface area contributed by atoms with Gasteiger partial charge in [-0.3, -0.25) is 4.79 Å². The van der Waals surface area contributed by atoms with Gasteiger partial charge in [-0.05, 0) is 55.5 Å². The summed E-state index contributed by atoms with van der Waals surface area (Å²) in [5, 5.41) is 14.1. The summed E-state index contributed by atoms with van der Waals surface area (Å²) in [4.78, 5) is 19.3. The first kappa shape index (κ1) is 21.0. The number of hydrogen-bond donors (Lipinski definition) is 1. The molecule has 0 radical (unpaired) electrons. The number of carbonyl (C=O) groups is 1. The lowest BCUT2D eigenvalue weighted by Crippen LogP contribution is -2.21. The average molecular weight is 456 g/mol. The smallest absolute Gasteiger partial charge is 0.261 e. The fraction of sp³-hybridized carbons (Fsp3) is 0.192. The molecular weight excluding hydrogens is 434 g/mol. The first-order valence-electron chi connectivity index (χ1n) is 10.7. The van der Waals surface area contributed by atoms with Gasteiger partial charge < -0.3 is 14.5 Å². The largest absolute Gasteiger partial charge is 0.495 e. The van der Waals surface area contributed by atoms with Crippen LogP contribution in [0.5, 0.6) is 5.75 Å². The molecule has 0 fully saturated rings. The normalized spacial score (nSPS) is 13.4.